The van der Waals surface area contributed by atoms with Crippen LogP contribution < -0.4 is 10.6 Å². The van der Waals surface area contributed by atoms with Crippen molar-refractivity contribution in [1.29, 1.82) is 0 Å². The maximum Gasteiger partial charge on any atom is 0.245 e. The number of likely N-dealkylation sites (tertiary alicyclic amines) is 1. The minimum atomic E-state index is -0.908. The Morgan fingerprint density at radius 2 is 1.56 bits per heavy atom. The van der Waals surface area contributed by atoms with Crippen molar-refractivity contribution in [3.8, 4) is 0 Å². The molecule has 1 heterocycles. The molecule has 0 aromatic heterocycles. The van der Waals surface area contributed by atoms with Gasteiger partial charge < -0.3 is 35.2 Å². The van der Waals surface area contributed by atoms with Crippen LogP contribution in [0, 0.1) is 35.5 Å². The van der Waals surface area contributed by atoms with E-state index in [9.17, 15) is 24.6 Å². The van der Waals surface area contributed by atoms with Crippen molar-refractivity contribution in [1.82, 2.24) is 20.4 Å². The van der Waals surface area contributed by atoms with E-state index in [0.29, 0.717) is 6.54 Å². The van der Waals surface area contributed by atoms with E-state index in [1.165, 1.54) is 0 Å². The standard InChI is InChI=1S/C39H70N4O7/c1-13-25(6)34(42(10)39(48)33(24(4)5)41-37(46)26(7)23(2)3)31(49-11)22-32(44)43-21-17-20-30(43)36(50-12)27(8)38(47)40-28(9)35(45)29-18-15-14-16-19-29/h14-16,18,23-36,44-45H,13,17,19-22H2,1-12H3,(H,40,47)(H,41,46)/t25-,26?,27+,28?,29?,30?,31?,32?,33-,34?,35?,36?/m0/s1. The van der Waals surface area contributed by atoms with E-state index in [1.807, 2.05) is 77.7 Å². The van der Waals surface area contributed by atoms with Gasteiger partial charge in [0.1, 0.15) is 12.3 Å². The molecule has 12 atom stereocenters. The van der Waals surface area contributed by atoms with Crippen LogP contribution >= 0.6 is 0 Å². The van der Waals surface area contributed by atoms with E-state index in [-0.39, 0.29) is 65.8 Å². The van der Waals surface area contributed by atoms with E-state index < -0.39 is 42.5 Å². The summed E-state index contributed by atoms with van der Waals surface area (Å²) in [5, 5.41) is 28.7. The number of likely N-dealkylation sites (N-methyl/N-ethyl adjacent to an activating group) is 1. The molecule has 0 aromatic carbocycles. The summed E-state index contributed by atoms with van der Waals surface area (Å²) in [6.07, 6.45) is 8.57. The molecule has 9 unspecified atom stereocenters. The number of methoxy groups -OCH3 is 2. The minimum absolute atomic E-state index is 0.0430. The van der Waals surface area contributed by atoms with Crippen LogP contribution in [0.1, 0.15) is 94.4 Å². The Hall–Kier alpha value is -2.31. The SMILES string of the molecule is CC[C@H](C)C(C(CC(O)N1CCCC1C(OC)[C@@H](C)C(=O)NC(C)C(O)C1C=CC=CC1)OC)N(C)C(=O)[C@@H](NC(=O)C(C)C(C)C)C(C)C. The van der Waals surface area contributed by atoms with Gasteiger partial charge in [-0.3, -0.25) is 19.3 Å². The minimum Gasteiger partial charge on any atom is -0.390 e. The molecule has 2 rings (SSSR count). The molecule has 0 bridgehead atoms. The zero-order valence-electron chi connectivity index (χ0n) is 33.0. The van der Waals surface area contributed by atoms with Crippen molar-refractivity contribution in [2.24, 2.45) is 35.5 Å². The predicted octanol–water partition coefficient (Wildman–Crippen LogP) is 4.13. The molecule has 1 aliphatic carbocycles. The van der Waals surface area contributed by atoms with E-state index in [2.05, 4.69) is 24.5 Å². The second kappa shape index (κ2) is 20.7. The fourth-order valence-electron chi connectivity index (χ4n) is 7.47. The molecule has 0 aromatic rings. The van der Waals surface area contributed by atoms with Gasteiger partial charge in [-0.25, -0.2) is 0 Å². The summed E-state index contributed by atoms with van der Waals surface area (Å²) in [6.45, 7) is 18.2. The van der Waals surface area contributed by atoms with Gasteiger partial charge in [0.05, 0.1) is 36.3 Å². The second-order valence-corrected chi connectivity index (χ2v) is 15.5. The van der Waals surface area contributed by atoms with E-state index in [0.717, 1.165) is 25.7 Å². The molecule has 50 heavy (non-hydrogen) atoms. The van der Waals surface area contributed by atoms with Crippen LogP contribution in [0.15, 0.2) is 24.3 Å². The van der Waals surface area contributed by atoms with Gasteiger partial charge in [-0.05, 0) is 43.9 Å². The van der Waals surface area contributed by atoms with Crippen molar-refractivity contribution in [3.05, 3.63) is 24.3 Å². The van der Waals surface area contributed by atoms with Gasteiger partial charge in [0, 0.05) is 52.1 Å². The van der Waals surface area contributed by atoms with Crippen LogP contribution in [-0.2, 0) is 23.9 Å². The van der Waals surface area contributed by atoms with Crippen LogP contribution in [-0.4, -0.2) is 114 Å². The zero-order chi connectivity index (χ0) is 37.9. The summed E-state index contributed by atoms with van der Waals surface area (Å²) < 4.78 is 12.0. The molecule has 0 saturated carbocycles. The first-order valence-electron chi connectivity index (χ1n) is 18.9. The molecular weight excluding hydrogens is 636 g/mol. The normalized spacial score (nSPS) is 24.2. The Labute approximate surface area is 302 Å². The lowest BCUT2D eigenvalue weighted by atomic mass is 9.88. The Morgan fingerprint density at radius 1 is 0.920 bits per heavy atom. The van der Waals surface area contributed by atoms with Gasteiger partial charge in [-0.15, -0.1) is 0 Å². The number of ether oxygens (including phenoxy) is 2. The van der Waals surface area contributed by atoms with Crippen molar-refractivity contribution in [2.75, 3.05) is 27.8 Å². The number of rotatable bonds is 20. The molecule has 0 radical (unpaired) electrons. The molecule has 1 aliphatic heterocycles. The summed E-state index contributed by atoms with van der Waals surface area (Å²) in [6, 6.07) is -1.72. The topological polar surface area (TPSA) is 141 Å². The third-order valence-electron chi connectivity index (χ3n) is 11.4. The van der Waals surface area contributed by atoms with Gasteiger partial charge in [0.2, 0.25) is 17.7 Å². The molecule has 1 fully saturated rings. The lowest BCUT2D eigenvalue weighted by Gasteiger charge is -2.42. The maximum atomic E-state index is 14.1. The van der Waals surface area contributed by atoms with E-state index in [4.69, 9.17) is 9.47 Å². The summed E-state index contributed by atoms with van der Waals surface area (Å²) >= 11 is 0. The number of amides is 3. The smallest absolute Gasteiger partial charge is 0.245 e. The molecule has 11 nitrogen and oxygen atoms in total. The number of carbonyl (C=O) groups is 3. The maximum absolute atomic E-state index is 14.1. The Bertz CT molecular complexity index is 1130. The predicted molar refractivity (Wildman–Crippen MR) is 198 cm³/mol. The zero-order valence-corrected chi connectivity index (χ0v) is 33.0. The van der Waals surface area contributed by atoms with Crippen molar-refractivity contribution in [3.63, 3.8) is 0 Å². The third-order valence-corrected chi connectivity index (χ3v) is 11.4. The van der Waals surface area contributed by atoms with E-state index in [1.54, 1.807) is 26.2 Å². The average Bonchev–Trinajstić information content (AvgIpc) is 3.58. The summed E-state index contributed by atoms with van der Waals surface area (Å²) in [4.78, 5) is 44.3. The van der Waals surface area contributed by atoms with Crippen molar-refractivity contribution >= 4 is 17.7 Å². The first-order chi connectivity index (χ1) is 23.5. The van der Waals surface area contributed by atoms with Gasteiger partial charge >= 0.3 is 0 Å². The molecule has 288 valence electrons. The van der Waals surface area contributed by atoms with Gasteiger partial charge in [0.15, 0.2) is 0 Å². The second-order valence-electron chi connectivity index (χ2n) is 15.5. The van der Waals surface area contributed by atoms with Crippen LogP contribution in [0.4, 0.5) is 0 Å². The molecule has 2 aliphatic rings. The summed E-state index contributed by atoms with van der Waals surface area (Å²) in [5.74, 6) is -1.29. The van der Waals surface area contributed by atoms with Crippen LogP contribution in [0.5, 0.6) is 0 Å². The lowest BCUT2D eigenvalue weighted by molar-refractivity contribution is -0.146. The largest absolute Gasteiger partial charge is 0.390 e. The Kier molecular flexibility index (Phi) is 18.1. The number of aliphatic hydroxyl groups excluding tert-OH is 2. The highest BCUT2D eigenvalue weighted by atomic mass is 16.5. The number of nitrogens with one attached hydrogen (secondary N) is 2. The number of nitrogens with zero attached hydrogens (tertiary/aromatic N) is 2. The summed E-state index contributed by atoms with van der Waals surface area (Å²) in [7, 11) is 4.97. The van der Waals surface area contributed by atoms with Gasteiger partial charge in [-0.1, -0.05) is 86.1 Å². The molecule has 0 spiro atoms. The highest BCUT2D eigenvalue weighted by molar-refractivity contribution is 5.88. The number of allylic oxidation sites excluding steroid dienone is 3. The average molecular weight is 707 g/mol. The Balaban J connectivity index is 2.21. The highest BCUT2D eigenvalue weighted by Gasteiger charge is 2.43. The van der Waals surface area contributed by atoms with Gasteiger partial charge in [0.25, 0.3) is 0 Å². The van der Waals surface area contributed by atoms with E-state index >= 15 is 0 Å². The molecule has 4 N–H and O–H groups in total. The molecular formula is C39H70N4O7. The first-order valence-corrected chi connectivity index (χ1v) is 18.9. The number of hydrogen-bond acceptors (Lipinski definition) is 8. The number of hydrogen-bond donors (Lipinski definition) is 4. The molecule has 1 saturated heterocycles. The number of aliphatic hydroxyl groups is 2. The fraction of sp³-hybridized carbons (Fsp3) is 0.821. The highest BCUT2D eigenvalue weighted by Crippen LogP contribution is 2.31. The lowest BCUT2D eigenvalue weighted by Crippen LogP contribution is -2.58. The Morgan fingerprint density at radius 3 is 2.08 bits per heavy atom. The number of carbonyl (C=O) groups excluding carboxylic acids is 3. The molecule has 3 amide bonds. The van der Waals surface area contributed by atoms with Crippen LogP contribution in [0.3, 0.4) is 0 Å². The fourth-order valence-corrected chi connectivity index (χ4v) is 7.47. The molecule has 11 heteroatoms. The monoisotopic (exact) mass is 707 g/mol. The van der Waals surface area contributed by atoms with Crippen LogP contribution in [0.25, 0.3) is 0 Å². The van der Waals surface area contributed by atoms with Gasteiger partial charge in [-0.2, -0.15) is 0 Å². The third kappa shape index (κ3) is 11.3. The van der Waals surface area contributed by atoms with Crippen LogP contribution in [0.2, 0.25) is 0 Å². The summed E-state index contributed by atoms with van der Waals surface area (Å²) in [5.41, 5.74) is 0. The first kappa shape index (κ1) is 43.9. The quantitative estimate of drug-likeness (QED) is 0.148. The van der Waals surface area contributed by atoms with Crippen molar-refractivity contribution in [2.45, 2.75) is 143 Å². The van der Waals surface area contributed by atoms with Crippen molar-refractivity contribution < 1.29 is 34.1 Å².